The summed E-state index contributed by atoms with van der Waals surface area (Å²) in [5.74, 6) is 0.383. The summed E-state index contributed by atoms with van der Waals surface area (Å²) in [6, 6.07) is 21.6. The zero-order valence-electron chi connectivity index (χ0n) is 21.4. The zero-order valence-corrected chi connectivity index (χ0v) is 23.8. The first-order chi connectivity index (χ1) is 18.9. The monoisotopic (exact) mass is 600 g/mol. The molecule has 0 N–H and O–H groups in total. The molecule has 0 spiro atoms. The van der Waals surface area contributed by atoms with Crippen LogP contribution in [0.25, 0.3) is 11.8 Å². The molecule has 0 unspecified atom stereocenters. The minimum absolute atomic E-state index is 0.0842. The number of thiazole rings is 1. The molecule has 1 aliphatic carbocycles. The molecule has 0 saturated carbocycles. The summed E-state index contributed by atoms with van der Waals surface area (Å²) in [6.45, 7) is 3.63. The third-order valence-electron chi connectivity index (χ3n) is 6.88. The van der Waals surface area contributed by atoms with Crippen LogP contribution in [-0.4, -0.2) is 17.1 Å². The summed E-state index contributed by atoms with van der Waals surface area (Å²) >= 11 is 4.92. The van der Waals surface area contributed by atoms with Crippen LogP contribution >= 0.6 is 27.3 Å². The van der Waals surface area contributed by atoms with E-state index < -0.39 is 5.97 Å². The molecule has 6 nitrogen and oxygen atoms in total. The van der Waals surface area contributed by atoms with Crippen LogP contribution in [0.15, 0.2) is 86.6 Å². The summed E-state index contributed by atoms with van der Waals surface area (Å²) in [6.07, 6.45) is 3.60. The molecule has 0 fully saturated rings. The Morgan fingerprint density at radius 2 is 1.90 bits per heavy atom. The van der Waals surface area contributed by atoms with Gasteiger partial charge in [-0.2, -0.15) is 0 Å². The van der Waals surface area contributed by atoms with E-state index >= 15 is 0 Å². The molecule has 0 radical (unpaired) electrons. The van der Waals surface area contributed by atoms with E-state index in [4.69, 9.17) is 14.5 Å². The lowest BCUT2D eigenvalue weighted by Gasteiger charge is -2.30. The van der Waals surface area contributed by atoms with Crippen molar-refractivity contribution in [3.05, 3.63) is 119 Å². The first-order valence-electron chi connectivity index (χ1n) is 12.8. The van der Waals surface area contributed by atoms with E-state index in [2.05, 4.69) is 46.3 Å². The molecule has 6 rings (SSSR count). The Morgan fingerprint density at radius 1 is 1.10 bits per heavy atom. The third-order valence-corrected chi connectivity index (χ3v) is 8.39. The van der Waals surface area contributed by atoms with E-state index in [1.807, 2.05) is 41.8 Å². The van der Waals surface area contributed by atoms with Gasteiger partial charge in [0.2, 0.25) is 0 Å². The van der Waals surface area contributed by atoms with Crippen molar-refractivity contribution in [1.82, 2.24) is 4.57 Å². The van der Waals surface area contributed by atoms with Crippen LogP contribution in [-0.2, 0) is 11.2 Å². The number of ether oxygens (including phenoxy) is 2. The number of hydrogen-bond acceptors (Lipinski definition) is 6. The van der Waals surface area contributed by atoms with Crippen molar-refractivity contribution in [2.45, 2.75) is 32.7 Å². The minimum atomic E-state index is -0.421. The Morgan fingerprint density at radius 3 is 2.67 bits per heavy atom. The molecule has 8 heteroatoms. The second-order valence-corrected chi connectivity index (χ2v) is 11.3. The fraction of sp³-hybridized carbons (Fsp3) is 0.194. The number of nitrogens with zero attached hydrogens (tertiary/aromatic N) is 2. The van der Waals surface area contributed by atoms with E-state index in [0.717, 1.165) is 39.7 Å². The number of rotatable bonds is 5. The first kappa shape index (κ1) is 25.5. The number of esters is 1. The summed E-state index contributed by atoms with van der Waals surface area (Å²) in [5.41, 5.74) is 6.30. The van der Waals surface area contributed by atoms with Crippen LogP contribution < -0.4 is 24.4 Å². The van der Waals surface area contributed by atoms with Gasteiger partial charge < -0.3 is 9.47 Å². The standard InChI is InChI=1S/C31H25BrN2O4S/c1-3-37-26-16-19(8-15-25(26)38-18(2)35)17-27-30(36)34-29(21-9-12-22(32)13-10-21)24-14-11-20-6-4-5-7-23(20)28(24)33-31(34)39-27/h4-10,12-13,15-17,29H,3,11,14H2,1-2H3/b27-17-/t29-/m0/s1. The molecular formula is C31H25BrN2O4S. The smallest absolute Gasteiger partial charge is 0.308 e. The van der Waals surface area contributed by atoms with Gasteiger partial charge in [0.25, 0.3) is 5.56 Å². The van der Waals surface area contributed by atoms with Gasteiger partial charge in [-0.25, -0.2) is 4.99 Å². The summed E-state index contributed by atoms with van der Waals surface area (Å²) in [4.78, 5) is 31.2. The largest absolute Gasteiger partial charge is 0.490 e. The highest BCUT2D eigenvalue weighted by Gasteiger charge is 2.32. The molecule has 2 aliphatic rings. The van der Waals surface area contributed by atoms with Crippen molar-refractivity contribution in [2.75, 3.05) is 6.61 Å². The first-order valence-corrected chi connectivity index (χ1v) is 14.4. The van der Waals surface area contributed by atoms with Crippen molar-refractivity contribution in [3.8, 4) is 11.5 Å². The van der Waals surface area contributed by atoms with Gasteiger partial charge in [-0.3, -0.25) is 14.2 Å². The fourth-order valence-electron chi connectivity index (χ4n) is 5.24. The molecule has 3 aromatic carbocycles. The number of benzene rings is 3. The van der Waals surface area contributed by atoms with Gasteiger partial charge in [-0.05, 0) is 72.4 Å². The average Bonchev–Trinajstić information content (AvgIpc) is 3.23. The Bertz CT molecular complexity index is 1820. The van der Waals surface area contributed by atoms with Gasteiger partial charge in [0.1, 0.15) is 0 Å². The number of halogens is 1. The Hall–Kier alpha value is -3.75. The molecule has 39 heavy (non-hydrogen) atoms. The highest BCUT2D eigenvalue weighted by molar-refractivity contribution is 9.10. The van der Waals surface area contributed by atoms with Gasteiger partial charge in [-0.1, -0.05) is 69.7 Å². The van der Waals surface area contributed by atoms with E-state index in [1.165, 1.54) is 29.4 Å². The van der Waals surface area contributed by atoms with E-state index in [-0.39, 0.29) is 11.6 Å². The predicted octanol–water partition coefficient (Wildman–Crippen LogP) is 5.41. The van der Waals surface area contributed by atoms with Crippen molar-refractivity contribution in [2.24, 2.45) is 4.99 Å². The molecule has 1 aliphatic heterocycles. The Kier molecular flexibility index (Phi) is 6.83. The Balaban J connectivity index is 1.54. The Labute approximate surface area is 237 Å². The average molecular weight is 602 g/mol. The van der Waals surface area contributed by atoms with Crippen LogP contribution in [0.5, 0.6) is 11.5 Å². The van der Waals surface area contributed by atoms with Gasteiger partial charge in [0.05, 0.1) is 22.9 Å². The topological polar surface area (TPSA) is 69.9 Å². The van der Waals surface area contributed by atoms with E-state index in [1.54, 1.807) is 12.1 Å². The summed E-state index contributed by atoms with van der Waals surface area (Å²) < 4.78 is 14.4. The summed E-state index contributed by atoms with van der Waals surface area (Å²) in [7, 11) is 0. The predicted molar refractivity (Wildman–Crippen MR) is 156 cm³/mol. The zero-order chi connectivity index (χ0) is 27.1. The fourth-order valence-corrected chi connectivity index (χ4v) is 6.51. The third kappa shape index (κ3) is 4.79. The van der Waals surface area contributed by atoms with Crippen LogP contribution in [0, 0.1) is 0 Å². The highest BCUT2D eigenvalue weighted by Crippen LogP contribution is 2.41. The quantitative estimate of drug-likeness (QED) is 0.227. The van der Waals surface area contributed by atoms with Crippen LogP contribution in [0.1, 0.15) is 48.6 Å². The molecule has 0 amide bonds. The molecule has 2 heterocycles. The van der Waals surface area contributed by atoms with Crippen LogP contribution in [0.4, 0.5) is 0 Å². The maximum absolute atomic E-state index is 14.0. The van der Waals surface area contributed by atoms with Crippen LogP contribution in [0.2, 0.25) is 0 Å². The van der Waals surface area contributed by atoms with E-state index in [0.29, 0.717) is 27.4 Å². The number of carbonyl (C=O) groups is 1. The molecule has 196 valence electrons. The lowest BCUT2D eigenvalue weighted by molar-refractivity contribution is -0.132. The lowest BCUT2D eigenvalue weighted by Crippen LogP contribution is -2.38. The number of allylic oxidation sites excluding steroid dienone is 1. The van der Waals surface area contributed by atoms with Crippen LogP contribution in [0.3, 0.4) is 0 Å². The molecule has 0 saturated heterocycles. The molecule has 1 aromatic heterocycles. The summed E-state index contributed by atoms with van der Waals surface area (Å²) in [5, 5.41) is 0. The number of hydrogen-bond donors (Lipinski definition) is 0. The van der Waals surface area contributed by atoms with Crippen molar-refractivity contribution >= 4 is 45.0 Å². The number of aryl methyl sites for hydroxylation is 1. The number of aromatic nitrogens is 1. The van der Waals surface area contributed by atoms with Gasteiger partial charge in [0, 0.05) is 17.0 Å². The molecular weight excluding hydrogens is 576 g/mol. The lowest BCUT2D eigenvalue weighted by atomic mass is 9.83. The molecule has 4 aromatic rings. The van der Waals surface area contributed by atoms with Crippen molar-refractivity contribution < 1.29 is 14.3 Å². The van der Waals surface area contributed by atoms with Gasteiger partial charge >= 0.3 is 5.97 Å². The second kappa shape index (κ2) is 10.4. The van der Waals surface area contributed by atoms with Crippen molar-refractivity contribution in [1.29, 1.82) is 0 Å². The molecule has 0 bridgehead atoms. The van der Waals surface area contributed by atoms with Crippen molar-refractivity contribution in [3.63, 3.8) is 0 Å². The minimum Gasteiger partial charge on any atom is -0.490 e. The molecule has 1 atom stereocenters. The maximum atomic E-state index is 14.0. The normalized spacial score (nSPS) is 16.2. The van der Waals surface area contributed by atoms with E-state index in [9.17, 15) is 9.59 Å². The number of fused-ring (bicyclic) bond motifs is 3. The highest BCUT2D eigenvalue weighted by atomic mass is 79.9. The van der Waals surface area contributed by atoms with Gasteiger partial charge in [-0.15, -0.1) is 0 Å². The number of carbonyl (C=O) groups excluding carboxylic acids is 1. The maximum Gasteiger partial charge on any atom is 0.308 e. The van der Waals surface area contributed by atoms with Gasteiger partial charge in [0.15, 0.2) is 16.3 Å². The second-order valence-electron chi connectivity index (χ2n) is 9.40. The SMILES string of the molecule is CCOc1cc(/C=c2\sc3n(c2=O)[C@@H](c2ccc(Br)cc2)C2=C(N=3)c3ccccc3CC2)ccc1OC(C)=O.